The van der Waals surface area contributed by atoms with Crippen LogP contribution < -0.4 is 5.32 Å². The molecule has 0 spiro atoms. The van der Waals surface area contributed by atoms with Crippen molar-refractivity contribution in [2.45, 2.75) is 12.5 Å². The van der Waals surface area contributed by atoms with Crippen LogP contribution in [0.5, 0.6) is 0 Å². The Morgan fingerprint density at radius 2 is 2.35 bits per heavy atom. The largest absolute Gasteiger partial charge is 0.311 e. The molecule has 90 valence electrons. The first-order valence-corrected chi connectivity index (χ1v) is 6.20. The maximum atomic E-state index is 12.9. The predicted octanol–water partition coefficient (Wildman–Crippen LogP) is 2.83. The van der Waals surface area contributed by atoms with Gasteiger partial charge in [0.2, 0.25) is 0 Å². The molecule has 0 aliphatic carbocycles. The van der Waals surface area contributed by atoms with E-state index in [1.54, 1.807) is 12.3 Å². The Morgan fingerprint density at radius 3 is 2.94 bits per heavy atom. The second kappa shape index (κ2) is 5.53. The molecule has 0 aliphatic heterocycles. The fourth-order valence-electron chi connectivity index (χ4n) is 1.59. The van der Waals surface area contributed by atoms with Gasteiger partial charge >= 0.3 is 0 Å². The van der Waals surface area contributed by atoms with Crippen LogP contribution in [0.25, 0.3) is 0 Å². The van der Waals surface area contributed by atoms with Crippen LogP contribution in [0.2, 0.25) is 5.02 Å². The number of likely N-dealkylation sites (N-methyl/N-ethyl adjacent to an activating group) is 1. The lowest BCUT2D eigenvalue weighted by atomic mass is 10.0. The SMILES string of the molecule is CNC(Cc1ccc(F)cc1Cl)c1cnsn1. The van der Waals surface area contributed by atoms with Crippen molar-refractivity contribution in [2.75, 3.05) is 7.05 Å². The number of nitrogens with one attached hydrogen (secondary N) is 1. The van der Waals surface area contributed by atoms with Gasteiger partial charge in [0.05, 0.1) is 29.7 Å². The minimum Gasteiger partial charge on any atom is -0.311 e. The van der Waals surface area contributed by atoms with Crippen molar-refractivity contribution in [1.82, 2.24) is 14.1 Å². The third-order valence-corrected chi connectivity index (χ3v) is 3.37. The lowest BCUT2D eigenvalue weighted by molar-refractivity contribution is 0.578. The zero-order valence-corrected chi connectivity index (χ0v) is 10.7. The van der Waals surface area contributed by atoms with Gasteiger partial charge in [0.1, 0.15) is 5.82 Å². The molecule has 1 aromatic carbocycles. The zero-order valence-electron chi connectivity index (χ0n) is 9.15. The molecule has 6 heteroatoms. The highest BCUT2D eigenvalue weighted by Crippen LogP contribution is 2.23. The second-order valence-corrected chi connectivity index (χ2v) is 4.58. The van der Waals surface area contributed by atoms with Gasteiger partial charge in [0, 0.05) is 5.02 Å². The average Bonchev–Trinajstić information content (AvgIpc) is 2.81. The fraction of sp³-hybridized carbons (Fsp3) is 0.273. The van der Waals surface area contributed by atoms with Crippen molar-refractivity contribution in [2.24, 2.45) is 0 Å². The number of rotatable bonds is 4. The summed E-state index contributed by atoms with van der Waals surface area (Å²) in [6.07, 6.45) is 2.38. The van der Waals surface area contributed by atoms with Gasteiger partial charge in [0.15, 0.2) is 0 Å². The smallest absolute Gasteiger partial charge is 0.124 e. The highest BCUT2D eigenvalue weighted by Gasteiger charge is 2.14. The summed E-state index contributed by atoms with van der Waals surface area (Å²) in [7, 11) is 1.85. The summed E-state index contributed by atoms with van der Waals surface area (Å²) >= 11 is 7.16. The maximum absolute atomic E-state index is 12.9. The van der Waals surface area contributed by atoms with Crippen molar-refractivity contribution >= 4 is 23.3 Å². The molecular formula is C11H11ClFN3S. The van der Waals surface area contributed by atoms with E-state index in [2.05, 4.69) is 14.1 Å². The van der Waals surface area contributed by atoms with E-state index in [1.807, 2.05) is 7.05 Å². The minimum absolute atomic E-state index is 0.0386. The third-order valence-electron chi connectivity index (χ3n) is 2.52. The summed E-state index contributed by atoms with van der Waals surface area (Å²) in [6, 6.07) is 4.47. The predicted molar refractivity (Wildman–Crippen MR) is 66.8 cm³/mol. The van der Waals surface area contributed by atoms with E-state index in [9.17, 15) is 4.39 Å². The Balaban J connectivity index is 2.19. The molecule has 0 amide bonds. The van der Waals surface area contributed by atoms with Gasteiger partial charge < -0.3 is 5.32 Å². The van der Waals surface area contributed by atoms with E-state index < -0.39 is 0 Å². The molecule has 1 aromatic heterocycles. The molecule has 0 saturated heterocycles. The van der Waals surface area contributed by atoms with E-state index >= 15 is 0 Å². The lowest BCUT2D eigenvalue weighted by Gasteiger charge is -2.14. The molecule has 0 saturated carbocycles. The van der Waals surface area contributed by atoms with Crippen LogP contribution in [-0.4, -0.2) is 15.8 Å². The third kappa shape index (κ3) is 3.00. The Bertz CT molecular complexity index is 489. The Labute approximate surface area is 108 Å². The molecule has 2 aromatic rings. The molecular weight excluding hydrogens is 261 g/mol. The molecule has 2 rings (SSSR count). The first kappa shape index (κ1) is 12.4. The van der Waals surface area contributed by atoms with E-state index in [-0.39, 0.29) is 11.9 Å². The number of benzene rings is 1. The summed E-state index contributed by atoms with van der Waals surface area (Å²) in [5.41, 5.74) is 1.76. The van der Waals surface area contributed by atoms with Crippen molar-refractivity contribution in [3.8, 4) is 0 Å². The van der Waals surface area contributed by atoms with Gasteiger partial charge in [-0.15, -0.1) is 0 Å². The average molecular weight is 272 g/mol. The molecule has 0 aliphatic rings. The maximum Gasteiger partial charge on any atom is 0.124 e. The van der Waals surface area contributed by atoms with Crippen LogP contribution in [0, 0.1) is 5.82 Å². The van der Waals surface area contributed by atoms with Gasteiger partial charge in [-0.25, -0.2) is 4.39 Å². The van der Waals surface area contributed by atoms with Gasteiger partial charge in [-0.1, -0.05) is 17.7 Å². The topological polar surface area (TPSA) is 37.8 Å². The number of nitrogens with zero attached hydrogens (tertiary/aromatic N) is 2. The van der Waals surface area contributed by atoms with E-state index in [0.717, 1.165) is 11.3 Å². The normalized spacial score (nSPS) is 12.6. The first-order chi connectivity index (χ1) is 8.20. The molecule has 1 unspecified atom stereocenters. The van der Waals surface area contributed by atoms with Crippen molar-refractivity contribution in [3.63, 3.8) is 0 Å². The number of aromatic nitrogens is 2. The van der Waals surface area contributed by atoms with Gasteiger partial charge in [-0.05, 0) is 31.2 Å². The van der Waals surface area contributed by atoms with E-state index in [0.29, 0.717) is 11.4 Å². The molecule has 1 atom stereocenters. The Hall–Kier alpha value is -1.04. The van der Waals surface area contributed by atoms with Crippen molar-refractivity contribution < 1.29 is 4.39 Å². The van der Waals surface area contributed by atoms with Gasteiger partial charge in [0.25, 0.3) is 0 Å². The molecule has 0 fully saturated rings. The zero-order chi connectivity index (χ0) is 12.3. The van der Waals surface area contributed by atoms with E-state index in [4.69, 9.17) is 11.6 Å². The first-order valence-electron chi connectivity index (χ1n) is 5.09. The fourth-order valence-corrected chi connectivity index (χ4v) is 2.30. The summed E-state index contributed by atoms with van der Waals surface area (Å²) in [5, 5.41) is 3.58. The monoisotopic (exact) mass is 271 g/mol. The highest BCUT2D eigenvalue weighted by atomic mass is 35.5. The highest BCUT2D eigenvalue weighted by molar-refractivity contribution is 6.99. The molecule has 0 radical (unpaired) electrons. The van der Waals surface area contributed by atoms with Crippen LogP contribution in [-0.2, 0) is 6.42 Å². The van der Waals surface area contributed by atoms with Crippen LogP contribution >= 0.6 is 23.3 Å². The number of hydrogen-bond donors (Lipinski definition) is 1. The summed E-state index contributed by atoms with van der Waals surface area (Å²) in [6.45, 7) is 0. The number of halogens is 2. The lowest BCUT2D eigenvalue weighted by Crippen LogP contribution is -2.19. The second-order valence-electron chi connectivity index (χ2n) is 3.61. The molecule has 1 N–H and O–H groups in total. The van der Waals surface area contributed by atoms with Crippen LogP contribution in [0.15, 0.2) is 24.4 Å². The summed E-state index contributed by atoms with van der Waals surface area (Å²) < 4.78 is 21.1. The summed E-state index contributed by atoms with van der Waals surface area (Å²) in [4.78, 5) is 0. The Morgan fingerprint density at radius 1 is 1.53 bits per heavy atom. The quantitative estimate of drug-likeness (QED) is 0.929. The molecule has 0 bridgehead atoms. The van der Waals surface area contributed by atoms with Crippen molar-refractivity contribution in [3.05, 3.63) is 46.5 Å². The van der Waals surface area contributed by atoms with Crippen LogP contribution in [0.4, 0.5) is 4.39 Å². The van der Waals surface area contributed by atoms with Crippen LogP contribution in [0.1, 0.15) is 17.3 Å². The molecule has 3 nitrogen and oxygen atoms in total. The van der Waals surface area contributed by atoms with Crippen molar-refractivity contribution in [1.29, 1.82) is 0 Å². The van der Waals surface area contributed by atoms with E-state index in [1.165, 1.54) is 23.9 Å². The Kier molecular flexibility index (Phi) is 4.04. The molecule has 17 heavy (non-hydrogen) atoms. The molecule has 1 heterocycles. The minimum atomic E-state index is -0.324. The number of hydrogen-bond acceptors (Lipinski definition) is 4. The van der Waals surface area contributed by atoms with Gasteiger partial charge in [-0.2, -0.15) is 8.75 Å². The summed E-state index contributed by atoms with van der Waals surface area (Å²) in [5.74, 6) is -0.324. The standard InChI is InChI=1S/C11H11ClFN3S/c1-14-10(11-6-15-17-16-11)4-7-2-3-8(13)5-9(7)12/h2-3,5-6,10,14H,4H2,1H3. The van der Waals surface area contributed by atoms with Gasteiger partial charge in [-0.3, -0.25) is 0 Å². The van der Waals surface area contributed by atoms with Crippen LogP contribution in [0.3, 0.4) is 0 Å².